The fourth-order valence-electron chi connectivity index (χ4n) is 2.44. The Morgan fingerprint density at radius 3 is 2.56 bits per heavy atom. The molecule has 126 valence electrons. The number of aromatic nitrogens is 2. The maximum Gasteiger partial charge on any atom is 0.255 e. The zero-order chi connectivity index (χ0) is 17.8. The number of hydrogen-bond donors (Lipinski definition) is 1. The number of rotatable bonds is 4. The van der Waals surface area contributed by atoms with Crippen molar-refractivity contribution in [2.24, 2.45) is 0 Å². The molecule has 1 heterocycles. The largest absolute Gasteiger partial charge is 0.342 e. The minimum Gasteiger partial charge on any atom is -0.342 e. The molecule has 1 N–H and O–H groups in total. The normalized spacial score (nSPS) is 10.4. The molecular weight excluding hydrogens is 319 g/mol. The van der Waals surface area contributed by atoms with Crippen molar-refractivity contribution in [1.29, 1.82) is 0 Å². The summed E-state index contributed by atoms with van der Waals surface area (Å²) in [4.78, 5) is 22.0. The lowest BCUT2D eigenvalue weighted by Crippen LogP contribution is -2.14. The summed E-state index contributed by atoms with van der Waals surface area (Å²) in [6.45, 7) is 1.91. The molecule has 0 saturated heterocycles. The van der Waals surface area contributed by atoms with Crippen LogP contribution in [0.5, 0.6) is 0 Å². The van der Waals surface area contributed by atoms with Gasteiger partial charge in [-0.3, -0.25) is 4.79 Å². The van der Waals surface area contributed by atoms with Crippen LogP contribution in [0.2, 0.25) is 0 Å². The SMILES string of the molecule is Cc1cccc(C(=O)Nc2cc(F)cc(N(C)c3cncnc3)c2)c1. The number of nitrogens with zero attached hydrogens (tertiary/aromatic N) is 3. The first-order chi connectivity index (χ1) is 12.0. The molecule has 0 fully saturated rings. The van der Waals surface area contributed by atoms with Crippen molar-refractivity contribution in [3.8, 4) is 0 Å². The maximum atomic E-state index is 14.0. The lowest BCUT2D eigenvalue weighted by molar-refractivity contribution is 0.102. The molecule has 25 heavy (non-hydrogen) atoms. The Balaban J connectivity index is 1.85. The van der Waals surface area contributed by atoms with E-state index in [1.807, 2.05) is 19.1 Å². The van der Waals surface area contributed by atoms with Crippen LogP contribution in [0, 0.1) is 12.7 Å². The standard InChI is InChI=1S/C19H17FN4O/c1-13-4-3-5-14(6-13)19(25)23-16-7-15(20)8-17(9-16)24(2)18-10-21-12-22-11-18/h3-12H,1-2H3,(H,23,25). The number of hydrogen-bond acceptors (Lipinski definition) is 4. The minimum atomic E-state index is -0.444. The van der Waals surface area contributed by atoms with E-state index in [1.54, 1.807) is 42.5 Å². The van der Waals surface area contributed by atoms with Gasteiger partial charge in [0.15, 0.2) is 0 Å². The highest BCUT2D eigenvalue weighted by atomic mass is 19.1. The second-order valence-electron chi connectivity index (χ2n) is 5.68. The lowest BCUT2D eigenvalue weighted by atomic mass is 10.1. The number of nitrogens with one attached hydrogen (secondary N) is 1. The van der Waals surface area contributed by atoms with E-state index in [1.165, 1.54) is 18.5 Å². The van der Waals surface area contributed by atoms with Crippen molar-refractivity contribution in [2.75, 3.05) is 17.3 Å². The van der Waals surface area contributed by atoms with Gasteiger partial charge in [0.2, 0.25) is 0 Å². The van der Waals surface area contributed by atoms with Crippen LogP contribution in [0.3, 0.4) is 0 Å². The van der Waals surface area contributed by atoms with Gasteiger partial charge in [-0.2, -0.15) is 0 Å². The summed E-state index contributed by atoms with van der Waals surface area (Å²) in [6.07, 6.45) is 4.68. The summed E-state index contributed by atoms with van der Waals surface area (Å²) < 4.78 is 14.0. The first-order valence-corrected chi connectivity index (χ1v) is 7.70. The molecule has 0 radical (unpaired) electrons. The molecule has 1 aromatic heterocycles. The second-order valence-corrected chi connectivity index (χ2v) is 5.68. The van der Waals surface area contributed by atoms with Crippen molar-refractivity contribution >= 4 is 23.0 Å². The molecule has 0 aliphatic rings. The Morgan fingerprint density at radius 1 is 1.08 bits per heavy atom. The van der Waals surface area contributed by atoms with E-state index in [0.29, 0.717) is 22.6 Å². The first kappa shape index (κ1) is 16.6. The van der Waals surface area contributed by atoms with E-state index in [-0.39, 0.29) is 5.91 Å². The smallest absolute Gasteiger partial charge is 0.255 e. The molecule has 0 unspecified atom stereocenters. The van der Waals surface area contributed by atoms with Gasteiger partial charge < -0.3 is 10.2 Å². The average molecular weight is 336 g/mol. The third-order valence-electron chi connectivity index (χ3n) is 3.74. The van der Waals surface area contributed by atoms with Crippen LogP contribution in [-0.4, -0.2) is 22.9 Å². The maximum absolute atomic E-state index is 14.0. The van der Waals surface area contributed by atoms with E-state index >= 15 is 0 Å². The van der Waals surface area contributed by atoms with Crippen LogP contribution in [0.25, 0.3) is 0 Å². The summed E-state index contributed by atoms with van der Waals surface area (Å²) in [5.74, 6) is -0.730. The Kier molecular flexibility index (Phi) is 4.70. The molecule has 3 aromatic rings. The van der Waals surface area contributed by atoms with Gasteiger partial charge in [-0.05, 0) is 37.3 Å². The Hall–Kier alpha value is -3.28. The van der Waals surface area contributed by atoms with Crippen LogP contribution >= 0.6 is 0 Å². The summed E-state index contributed by atoms with van der Waals surface area (Å²) >= 11 is 0. The number of carbonyl (C=O) groups is 1. The average Bonchev–Trinajstić information content (AvgIpc) is 2.61. The summed E-state index contributed by atoms with van der Waals surface area (Å²) in [5.41, 5.74) is 3.18. The van der Waals surface area contributed by atoms with Gasteiger partial charge in [-0.1, -0.05) is 17.7 Å². The molecule has 2 aromatic carbocycles. The van der Waals surface area contributed by atoms with Gasteiger partial charge in [0.1, 0.15) is 12.1 Å². The van der Waals surface area contributed by atoms with Crippen molar-refractivity contribution in [1.82, 2.24) is 9.97 Å². The molecule has 5 nitrogen and oxygen atoms in total. The number of amides is 1. The highest BCUT2D eigenvalue weighted by Crippen LogP contribution is 2.26. The second kappa shape index (κ2) is 7.09. The van der Waals surface area contributed by atoms with Crippen molar-refractivity contribution < 1.29 is 9.18 Å². The van der Waals surface area contributed by atoms with E-state index in [0.717, 1.165) is 5.56 Å². The van der Waals surface area contributed by atoms with Gasteiger partial charge in [0.25, 0.3) is 5.91 Å². The Labute approximate surface area is 145 Å². The number of carbonyl (C=O) groups excluding carboxylic acids is 1. The number of halogens is 1. The lowest BCUT2D eigenvalue weighted by Gasteiger charge is -2.19. The summed E-state index contributed by atoms with van der Waals surface area (Å²) in [6, 6.07) is 11.6. The monoisotopic (exact) mass is 336 g/mol. The van der Waals surface area contributed by atoms with Crippen molar-refractivity contribution in [3.05, 3.63) is 78.1 Å². The molecule has 0 spiro atoms. The van der Waals surface area contributed by atoms with Gasteiger partial charge >= 0.3 is 0 Å². The molecule has 0 atom stereocenters. The summed E-state index contributed by atoms with van der Waals surface area (Å²) in [7, 11) is 1.78. The zero-order valence-electron chi connectivity index (χ0n) is 13.9. The van der Waals surface area contributed by atoms with Crippen molar-refractivity contribution in [2.45, 2.75) is 6.92 Å². The number of benzene rings is 2. The van der Waals surface area contributed by atoms with Gasteiger partial charge in [0, 0.05) is 24.0 Å². The summed E-state index contributed by atoms with van der Waals surface area (Å²) in [5, 5.41) is 2.74. The highest BCUT2D eigenvalue weighted by Gasteiger charge is 2.11. The molecule has 3 rings (SSSR count). The van der Waals surface area contributed by atoms with E-state index < -0.39 is 5.82 Å². The number of aryl methyl sites for hydroxylation is 1. The molecule has 6 heteroatoms. The Morgan fingerprint density at radius 2 is 1.84 bits per heavy atom. The van der Waals surface area contributed by atoms with Crippen LogP contribution in [-0.2, 0) is 0 Å². The van der Waals surface area contributed by atoms with Crippen molar-refractivity contribution in [3.63, 3.8) is 0 Å². The van der Waals surface area contributed by atoms with E-state index in [4.69, 9.17) is 0 Å². The van der Waals surface area contributed by atoms with Gasteiger partial charge in [-0.15, -0.1) is 0 Å². The highest BCUT2D eigenvalue weighted by molar-refractivity contribution is 6.04. The molecule has 0 aliphatic heterocycles. The third-order valence-corrected chi connectivity index (χ3v) is 3.74. The molecular formula is C19H17FN4O. The van der Waals surface area contributed by atoms with Crippen LogP contribution < -0.4 is 10.2 Å². The fourth-order valence-corrected chi connectivity index (χ4v) is 2.44. The zero-order valence-corrected chi connectivity index (χ0v) is 13.9. The minimum absolute atomic E-state index is 0.286. The van der Waals surface area contributed by atoms with E-state index in [2.05, 4.69) is 15.3 Å². The molecule has 0 aliphatic carbocycles. The predicted octanol–water partition coefficient (Wildman–Crippen LogP) is 3.94. The number of anilines is 3. The van der Waals surface area contributed by atoms with Crippen LogP contribution in [0.1, 0.15) is 15.9 Å². The Bertz CT molecular complexity index is 899. The molecule has 0 bridgehead atoms. The predicted molar refractivity (Wildman–Crippen MR) is 95.6 cm³/mol. The quantitative estimate of drug-likeness (QED) is 0.784. The first-order valence-electron chi connectivity index (χ1n) is 7.70. The van der Waals surface area contributed by atoms with Crippen LogP contribution in [0.15, 0.2) is 61.2 Å². The third kappa shape index (κ3) is 3.98. The van der Waals surface area contributed by atoms with Crippen LogP contribution in [0.4, 0.5) is 21.5 Å². The fraction of sp³-hybridized carbons (Fsp3) is 0.105. The topological polar surface area (TPSA) is 58.1 Å². The molecule has 1 amide bonds. The van der Waals surface area contributed by atoms with Gasteiger partial charge in [-0.25, -0.2) is 14.4 Å². The van der Waals surface area contributed by atoms with E-state index in [9.17, 15) is 9.18 Å². The molecule has 0 saturated carbocycles. The van der Waals surface area contributed by atoms with Gasteiger partial charge in [0.05, 0.1) is 18.1 Å².